The Morgan fingerprint density at radius 3 is 2.44 bits per heavy atom. The highest BCUT2D eigenvalue weighted by Gasteiger charge is 2.30. The lowest BCUT2D eigenvalue weighted by Gasteiger charge is -2.35. The van der Waals surface area contributed by atoms with Crippen molar-refractivity contribution >= 4 is 0 Å². The molecule has 0 saturated heterocycles. The van der Waals surface area contributed by atoms with E-state index in [9.17, 15) is 0 Å². The van der Waals surface area contributed by atoms with E-state index < -0.39 is 0 Å². The first kappa shape index (κ1) is 13.9. The molecule has 1 fully saturated rings. The van der Waals surface area contributed by atoms with Crippen molar-refractivity contribution in [3.8, 4) is 0 Å². The largest absolute Gasteiger partial charge is 0.383 e. The van der Waals surface area contributed by atoms with Gasteiger partial charge in [-0.25, -0.2) is 0 Å². The maximum Gasteiger partial charge on any atom is 0.0589 e. The van der Waals surface area contributed by atoms with Gasteiger partial charge in [-0.05, 0) is 32.1 Å². The number of hydrogen-bond acceptors (Lipinski definition) is 3. The van der Waals surface area contributed by atoms with Gasteiger partial charge in [0, 0.05) is 31.8 Å². The minimum absolute atomic E-state index is 0.421. The number of methoxy groups -OCH3 is 1. The normalized spacial score (nSPS) is 25.9. The fraction of sp³-hybridized carbons (Fsp3) is 1.00. The van der Waals surface area contributed by atoms with Crippen LogP contribution in [0.1, 0.15) is 46.0 Å². The molecule has 96 valence electrons. The van der Waals surface area contributed by atoms with Gasteiger partial charge in [0.05, 0.1) is 6.61 Å². The number of ether oxygens (including phenoxy) is 1. The smallest absolute Gasteiger partial charge is 0.0589 e. The lowest BCUT2D eigenvalue weighted by molar-refractivity contribution is 0.0808. The Kier molecular flexibility index (Phi) is 6.32. The Bertz CT molecular complexity index is 183. The van der Waals surface area contributed by atoms with E-state index in [0.717, 1.165) is 13.2 Å². The second-order valence-electron chi connectivity index (χ2n) is 4.93. The van der Waals surface area contributed by atoms with E-state index >= 15 is 0 Å². The first-order valence-electron chi connectivity index (χ1n) is 6.73. The molecule has 0 amide bonds. The average Bonchev–Trinajstić information content (AvgIpc) is 2.71. The van der Waals surface area contributed by atoms with Crippen molar-refractivity contribution in [2.75, 3.05) is 20.3 Å². The van der Waals surface area contributed by atoms with Crippen molar-refractivity contribution in [3.63, 3.8) is 0 Å². The third kappa shape index (κ3) is 3.72. The van der Waals surface area contributed by atoms with Gasteiger partial charge in [0.2, 0.25) is 0 Å². The molecule has 1 aliphatic carbocycles. The Balaban J connectivity index is 2.54. The zero-order valence-corrected chi connectivity index (χ0v) is 11.1. The van der Waals surface area contributed by atoms with Crippen molar-refractivity contribution in [1.82, 2.24) is 4.90 Å². The molecule has 0 bridgehead atoms. The molecule has 3 heteroatoms. The Morgan fingerprint density at radius 2 is 2.00 bits per heavy atom. The third-order valence-electron chi connectivity index (χ3n) is 3.88. The molecule has 2 unspecified atom stereocenters. The Hall–Kier alpha value is -0.120. The minimum Gasteiger partial charge on any atom is -0.383 e. The molecule has 0 aliphatic heterocycles. The second kappa shape index (κ2) is 7.25. The summed E-state index contributed by atoms with van der Waals surface area (Å²) >= 11 is 0. The number of rotatable bonds is 7. The van der Waals surface area contributed by atoms with Crippen LogP contribution in [-0.4, -0.2) is 43.3 Å². The molecule has 3 nitrogen and oxygen atoms in total. The van der Waals surface area contributed by atoms with Crippen LogP contribution in [0.15, 0.2) is 0 Å². The first-order valence-corrected chi connectivity index (χ1v) is 6.73. The molecule has 2 N–H and O–H groups in total. The predicted molar refractivity (Wildman–Crippen MR) is 68.6 cm³/mol. The molecule has 0 heterocycles. The first-order chi connectivity index (χ1) is 7.72. The highest BCUT2D eigenvalue weighted by Crippen LogP contribution is 2.26. The van der Waals surface area contributed by atoms with Gasteiger partial charge in [0.15, 0.2) is 0 Å². The predicted octanol–water partition coefficient (Wildman–Crippen LogP) is 2.00. The molecule has 1 saturated carbocycles. The summed E-state index contributed by atoms with van der Waals surface area (Å²) in [6.07, 6.45) is 6.08. The van der Waals surface area contributed by atoms with Crippen molar-refractivity contribution in [2.45, 2.75) is 64.1 Å². The molecule has 16 heavy (non-hydrogen) atoms. The summed E-state index contributed by atoms with van der Waals surface area (Å²) in [6.45, 7) is 6.45. The van der Waals surface area contributed by atoms with Crippen molar-refractivity contribution in [1.29, 1.82) is 0 Å². The van der Waals surface area contributed by atoms with Crippen LogP contribution in [0.2, 0.25) is 0 Å². The fourth-order valence-corrected chi connectivity index (χ4v) is 2.91. The monoisotopic (exact) mass is 228 g/mol. The van der Waals surface area contributed by atoms with E-state index in [0.29, 0.717) is 18.1 Å². The highest BCUT2D eigenvalue weighted by atomic mass is 16.5. The van der Waals surface area contributed by atoms with Crippen LogP contribution >= 0.6 is 0 Å². The minimum atomic E-state index is 0.421. The SMILES string of the molecule is CCC(CC)N(CCOC)C1CCC(N)C1. The Morgan fingerprint density at radius 1 is 1.31 bits per heavy atom. The van der Waals surface area contributed by atoms with Crippen LogP contribution < -0.4 is 5.73 Å². The maximum atomic E-state index is 6.02. The van der Waals surface area contributed by atoms with Crippen LogP contribution in [0, 0.1) is 0 Å². The summed E-state index contributed by atoms with van der Waals surface area (Å²) < 4.78 is 5.22. The lowest BCUT2D eigenvalue weighted by Crippen LogP contribution is -2.44. The molecule has 0 radical (unpaired) electrons. The zero-order valence-electron chi connectivity index (χ0n) is 11.1. The zero-order chi connectivity index (χ0) is 12.0. The van der Waals surface area contributed by atoms with E-state index in [1.807, 2.05) is 0 Å². The number of hydrogen-bond donors (Lipinski definition) is 1. The van der Waals surface area contributed by atoms with Crippen molar-refractivity contribution in [2.24, 2.45) is 5.73 Å². The lowest BCUT2D eigenvalue weighted by atomic mass is 10.1. The van der Waals surface area contributed by atoms with Gasteiger partial charge >= 0.3 is 0 Å². The Labute approximate surface area is 100 Å². The van der Waals surface area contributed by atoms with Crippen molar-refractivity contribution in [3.05, 3.63) is 0 Å². The topological polar surface area (TPSA) is 38.5 Å². The van der Waals surface area contributed by atoms with Crippen LogP contribution in [0.4, 0.5) is 0 Å². The van der Waals surface area contributed by atoms with Gasteiger partial charge in [-0.15, -0.1) is 0 Å². The molecular weight excluding hydrogens is 200 g/mol. The summed E-state index contributed by atoms with van der Waals surface area (Å²) in [5.74, 6) is 0. The van der Waals surface area contributed by atoms with Crippen LogP contribution in [0.5, 0.6) is 0 Å². The van der Waals surface area contributed by atoms with Gasteiger partial charge in [-0.1, -0.05) is 13.8 Å². The number of nitrogens with two attached hydrogens (primary N) is 1. The molecule has 0 aromatic carbocycles. The van der Waals surface area contributed by atoms with Crippen LogP contribution in [0.3, 0.4) is 0 Å². The highest BCUT2D eigenvalue weighted by molar-refractivity contribution is 4.87. The molecule has 0 spiro atoms. The van der Waals surface area contributed by atoms with Crippen molar-refractivity contribution < 1.29 is 4.74 Å². The summed E-state index contributed by atoms with van der Waals surface area (Å²) in [6, 6.07) is 1.81. The van der Waals surface area contributed by atoms with Gasteiger partial charge in [0.1, 0.15) is 0 Å². The molecule has 0 aromatic rings. The van der Waals surface area contributed by atoms with E-state index in [1.165, 1.54) is 32.1 Å². The van der Waals surface area contributed by atoms with Gasteiger partial charge in [-0.2, -0.15) is 0 Å². The van der Waals surface area contributed by atoms with Gasteiger partial charge in [-0.3, -0.25) is 4.90 Å². The molecule has 1 rings (SSSR count). The average molecular weight is 228 g/mol. The van der Waals surface area contributed by atoms with E-state index in [-0.39, 0.29) is 0 Å². The third-order valence-corrected chi connectivity index (χ3v) is 3.88. The van der Waals surface area contributed by atoms with Gasteiger partial charge < -0.3 is 10.5 Å². The molecular formula is C13H28N2O. The van der Waals surface area contributed by atoms with Crippen LogP contribution in [-0.2, 0) is 4.74 Å². The summed E-state index contributed by atoms with van der Waals surface area (Å²) in [5.41, 5.74) is 6.02. The summed E-state index contributed by atoms with van der Waals surface area (Å²) in [4.78, 5) is 2.64. The molecule has 0 aromatic heterocycles. The van der Waals surface area contributed by atoms with E-state index in [2.05, 4.69) is 18.7 Å². The van der Waals surface area contributed by atoms with E-state index in [1.54, 1.807) is 7.11 Å². The number of nitrogens with zero attached hydrogens (tertiary/aromatic N) is 1. The summed E-state index contributed by atoms with van der Waals surface area (Å²) in [7, 11) is 1.78. The van der Waals surface area contributed by atoms with E-state index in [4.69, 9.17) is 10.5 Å². The molecule has 1 aliphatic rings. The quantitative estimate of drug-likeness (QED) is 0.724. The maximum absolute atomic E-state index is 6.02. The second-order valence-corrected chi connectivity index (χ2v) is 4.93. The molecule has 2 atom stereocenters. The van der Waals surface area contributed by atoms with Crippen LogP contribution in [0.25, 0.3) is 0 Å². The summed E-state index contributed by atoms with van der Waals surface area (Å²) in [5, 5.41) is 0. The fourth-order valence-electron chi connectivity index (χ4n) is 2.91. The standard InChI is InChI=1S/C13H28N2O/c1-4-12(5-2)15(8-9-16-3)13-7-6-11(14)10-13/h11-13H,4-10,14H2,1-3H3. The van der Waals surface area contributed by atoms with Gasteiger partial charge in [0.25, 0.3) is 0 Å².